The van der Waals surface area contributed by atoms with E-state index in [1.165, 1.54) is 46.4 Å². The highest BCUT2D eigenvalue weighted by Gasteiger charge is 2.15. The molecule has 244 valence electrons. The van der Waals surface area contributed by atoms with Crippen LogP contribution in [0, 0.1) is 5.92 Å². The van der Waals surface area contributed by atoms with Gasteiger partial charge in [0.2, 0.25) is 0 Å². The molecule has 0 saturated heterocycles. The van der Waals surface area contributed by atoms with Gasteiger partial charge >= 0.3 is 0 Å². The van der Waals surface area contributed by atoms with Gasteiger partial charge in [0.1, 0.15) is 0 Å². The Balaban J connectivity index is 0.000000617. The van der Waals surface area contributed by atoms with Crippen LogP contribution in [-0.4, -0.2) is 11.5 Å². The van der Waals surface area contributed by atoms with E-state index in [1.807, 2.05) is 31.7 Å². The van der Waals surface area contributed by atoms with Crippen LogP contribution in [0.1, 0.15) is 136 Å². The lowest BCUT2D eigenvalue weighted by atomic mass is 9.89. The third kappa shape index (κ3) is 17.0. The van der Waals surface area contributed by atoms with Crippen LogP contribution in [0.2, 0.25) is 0 Å². The first kappa shape index (κ1) is 41.4. The highest BCUT2D eigenvalue weighted by atomic mass is 32.2. The number of aryl methyl sites for hydroxylation is 1. The van der Waals surface area contributed by atoms with Crippen molar-refractivity contribution < 1.29 is 4.79 Å². The van der Waals surface area contributed by atoms with Crippen molar-refractivity contribution in [3.63, 3.8) is 0 Å². The van der Waals surface area contributed by atoms with Gasteiger partial charge in [-0.15, -0.1) is 18.3 Å². The number of hydrogen-bond acceptors (Lipinski definition) is 2. The third-order valence-electron chi connectivity index (χ3n) is 7.93. The van der Waals surface area contributed by atoms with Gasteiger partial charge in [-0.25, -0.2) is 0 Å². The van der Waals surface area contributed by atoms with E-state index in [-0.39, 0.29) is 5.78 Å². The first-order chi connectivity index (χ1) is 21.2. The van der Waals surface area contributed by atoms with E-state index in [1.54, 1.807) is 6.92 Å². The molecular weight excluding hydrogens is 553 g/mol. The van der Waals surface area contributed by atoms with Gasteiger partial charge in [-0.05, 0) is 98.0 Å². The number of Topliss-reactive ketones (excluding diaryl/α,β-unsaturated/α-hetero) is 1. The van der Waals surface area contributed by atoms with Crippen LogP contribution in [0.4, 0.5) is 0 Å². The summed E-state index contributed by atoms with van der Waals surface area (Å²) in [4.78, 5) is 12.8. The largest absolute Gasteiger partial charge is 0.294 e. The van der Waals surface area contributed by atoms with Crippen molar-refractivity contribution in [2.75, 3.05) is 5.75 Å². The maximum atomic E-state index is 11.5. The molecule has 2 aromatic rings. The Hall–Kier alpha value is -2.58. The summed E-state index contributed by atoms with van der Waals surface area (Å²) >= 11 is 1.89. The SMILES string of the molecule is C=CCC(C)c1ccc(CC)cc1.CC.CC=CC(C)C(C)c1ccccc1.CCCCCSC1=C(C(C)=O)C=C(C)CC1. The average Bonchev–Trinajstić information content (AvgIpc) is 3.05. The lowest BCUT2D eigenvalue weighted by molar-refractivity contribution is -0.113. The molecule has 0 aliphatic heterocycles. The predicted octanol–water partition coefficient (Wildman–Crippen LogP) is 13.5. The Bertz CT molecular complexity index is 1120. The van der Waals surface area contributed by atoms with Gasteiger partial charge in [0.25, 0.3) is 0 Å². The minimum Gasteiger partial charge on any atom is -0.294 e. The zero-order valence-electron chi connectivity index (χ0n) is 29.9. The van der Waals surface area contributed by atoms with Gasteiger partial charge < -0.3 is 0 Å². The number of carbonyl (C=O) groups excluding carboxylic acids is 1. The molecule has 0 radical (unpaired) electrons. The quantitative estimate of drug-likeness (QED) is 0.164. The molecule has 0 fully saturated rings. The zero-order chi connectivity index (χ0) is 33.3. The second-order valence-corrected chi connectivity index (χ2v) is 12.7. The van der Waals surface area contributed by atoms with Crippen LogP contribution in [0.5, 0.6) is 0 Å². The Labute approximate surface area is 277 Å². The zero-order valence-corrected chi connectivity index (χ0v) is 30.7. The van der Waals surface area contributed by atoms with Gasteiger partial charge in [-0.3, -0.25) is 4.79 Å². The van der Waals surface area contributed by atoms with Crippen LogP contribution < -0.4 is 0 Å². The highest BCUT2D eigenvalue weighted by Crippen LogP contribution is 2.33. The molecule has 0 bridgehead atoms. The van der Waals surface area contributed by atoms with Crippen LogP contribution in [0.15, 0.2) is 102 Å². The molecule has 3 unspecified atom stereocenters. The van der Waals surface area contributed by atoms with Gasteiger partial charge in [0, 0.05) is 5.57 Å². The number of allylic oxidation sites excluding steroid dienone is 7. The molecule has 0 heterocycles. The van der Waals surface area contributed by atoms with Crippen molar-refractivity contribution in [1.82, 2.24) is 0 Å². The topological polar surface area (TPSA) is 17.1 Å². The summed E-state index contributed by atoms with van der Waals surface area (Å²) in [5.41, 5.74) is 6.55. The number of thioether (sulfide) groups is 1. The molecule has 2 heteroatoms. The minimum atomic E-state index is 0.219. The van der Waals surface area contributed by atoms with E-state index in [2.05, 4.69) is 128 Å². The molecule has 3 rings (SSSR count). The molecule has 0 N–H and O–H groups in total. The molecular formula is C42H64OS. The van der Waals surface area contributed by atoms with E-state index >= 15 is 0 Å². The number of carbonyl (C=O) groups is 1. The first-order valence-corrected chi connectivity index (χ1v) is 18.1. The van der Waals surface area contributed by atoms with Gasteiger partial charge in [-0.2, -0.15) is 0 Å². The summed E-state index contributed by atoms with van der Waals surface area (Å²) in [7, 11) is 0. The second-order valence-electron chi connectivity index (χ2n) is 11.5. The smallest absolute Gasteiger partial charge is 0.160 e. The fourth-order valence-electron chi connectivity index (χ4n) is 4.84. The average molecular weight is 617 g/mol. The third-order valence-corrected chi connectivity index (χ3v) is 9.19. The number of rotatable bonds is 13. The summed E-state index contributed by atoms with van der Waals surface area (Å²) in [6.07, 6.45) is 16.6. The molecule has 1 aliphatic rings. The van der Waals surface area contributed by atoms with E-state index in [4.69, 9.17) is 0 Å². The number of unbranched alkanes of at least 4 members (excludes halogenated alkanes) is 2. The second kappa shape index (κ2) is 25.7. The predicted molar refractivity (Wildman–Crippen MR) is 202 cm³/mol. The summed E-state index contributed by atoms with van der Waals surface area (Å²) in [5, 5.41) is 0. The minimum absolute atomic E-state index is 0.219. The fourth-order valence-corrected chi connectivity index (χ4v) is 6.04. The van der Waals surface area contributed by atoms with Crippen molar-refractivity contribution >= 4 is 17.5 Å². The lowest BCUT2D eigenvalue weighted by Crippen LogP contribution is -2.03. The maximum Gasteiger partial charge on any atom is 0.160 e. The van der Waals surface area contributed by atoms with E-state index in [0.29, 0.717) is 17.8 Å². The maximum absolute atomic E-state index is 11.5. The molecule has 3 atom stereocenters. The highest BCUT2D eigenvalue weighted by molar-refractivity contribution is 8.03. The molecule has 0 spiro atoms. The molecule has 0 aromatic heterocycles. The molecule has 0 amide bonds. The van der Waals surface area contributed by atoms with Crippen LogP contribution in [-0.2, 0) is 11.2 Å². The standard InChI is InChI=1S/C14H22OS.2C13H18.C2H6/c1-4-5-6-9-16-14-8-7-11(2)10-13(14)12(3)15;1-4-8-11(2)12(3)13-9-6-5-7-10-13;1-4-6-11(3)13-9-7-12(5-2)8-10-13;1-2/h10H,4-9H2,1-3H3;4-12H,1-3H3;4,7-11H,1,5-6H2,2-3H3;1-2H3. The summed E-state index contributed by atoms with van der Waals surface area (Å²) in [5.74, 6) is 3.21. The van der Waals surface area contributed by atoms with Crippen LogP contribution in [0.3, 0.4) is 0 Å². The van der Waals surface area contributed by atoms with Crippen molar-refractivity contribution in [3.8, 4) is 0 Å². The summed E-state index contributed by atoms with van der Waals surface area (Å²) < 4.78 is 0. The van der Waals surface area contributed by atoms with Gasteiger partial charge in [0.15, 0.2) is 5.78 Å². The van der Waals surface area contributed by atoms with Crippen LogP contribution in [0.25, 0.3) is 0 Å². The molecule has 2 aromatic carbocycles. The van der Waals surface area contributed by atoms with Gasteiger partial charge in [0.05, 0.1) is 0 Å². The molecule has 0 saturated carbocycles. The summed E-state index contributed by atoms with van der Waals surface area (Å²) in [6.45, 7) is 24.8. The van der Waals surface area contributed by atoms with Crippen LogP contribution >= 0.6 is 11.8 Å². The fraction of sp³-hybridized carbons (Fsp3) is 0.500. The lowest BCUT2D eigenvalue weighted by Gasteiger charge is -2.16. The van der Waals surface area contributed by atoms with Crippen molar-refractivity contribution in [2.45, 2.75) is 126 Å². The Morgan fingerprint density at radius 2 is 1.57 bits per heavy atom. The van der Waals surface area contributed by atoms with E-state index in [9.17, 15) is 4.79 Å². The first-order valence-electron chi connectivity index (χ1n) is 17.1. The van der Waals surface area contributed by atoms with E-state index < -0.39 is 0 Å². The van der Waals surface area contributed by atoms with Gasteiger partial charge in [-0.1, -0.05) is 146 Å². The Kier molecular flexibility index (Phi) is 24.2. The molecule has 44 heavy (non-hydrogen) atoms. The van der Waals surface area contributed by atoms with Crippen molar-refractivity contribution in [3.05, 3.63) is 118 Å². The van der Waals surface area contributed by atoms with Crippen molar-refractivity contribution in [2.24, 2.45) is 5.92 Å². The number of ketones is 1. The number of benzene rings is 2. The number of hydrogen-bond donors (Lipinski definition) is 0. The monoisotopic (exact) mass is 616 g/mol. The Morgan fingerprint density at radius 1 is 0.932 bits per heavy atom. The van der Waals surface area contributed by atoms with Crippen molar-refractivity contribution in [1.29, 1.82) is 0 Å². The molecule has 1 aliphatic carbocycles. The normalized spacial score (nSPS) is 14.5. The molecule has 1 nitrogen and oxygen atoms in total. The van der Waals surface area contributed by atoms with E-state index in [0.717, 1.165) is 37.0 Å². The Morgan fingerprint density at radius 3 is 2.09 bits per heavy atom. The summed E-state index contributed by atoms with van der Waals surface area (Å²) in [6, 6.07) is 19.6.